The fourth-order valence-corrected chi connectivity index (χ4v) is 2.36. The van der Waals surface area contributed by atoms with Gasteiger partial charge in [0.2, 0.25) is 0 Å². The second kappa shape index (κ2) is 3.39. The van der Waals surface area contributed by atoms with E-state index in [0.717, 1.165) is 6.42 Å². The molecule has 2 atom stereocenters. The molecule has 1 aliphatic rings. The summed E-state index contributed by atoms with van der Waals surface area (Å²) in [5.41, 5.74) is -0.0600. The van der Waals surface area contributed by atoms with Crippen molar-refractivity contribution in [1.29, 1.82) is 0 Å². The van der Waals surface area contributed by atoms with Crippen LogP contribution in [-0.4, -0.2) is 22.3 Å². The molecule has 0 radical (unpaired) electrons. The number of Topliss-reactive ketones (excluding diaryl/α,β-unsaturated/α-hetero) is 1. The first-order valence-corrected chi connectivity index (χ1v) is 4.72. The summed E-state index contributed by atoms with van der Waals surface area (Å²) in [6.07, 6.45) is -0.0475. The molecule has 0 aromatic carbocycles. The highest BCUT2D eigenvalue weighted by atomic mass is 16.5. The molecule has 3 heteroatoms. The number of carbonyl (C=O) groups is 1. The Kier molecular flexibility index (Phi) is 2.78. The average Bonchev–Trinajstić information content (AvgIpc) is 1.96. The van der Waals surface area contributed by atoms with Crippen molar-refractivity contribution >= 4 is 5.78 Å². The second-order valence-electron chi connectivity index (χ2n) is 4.63. The molecule has 0 spiro atoms. The fraction of sp³-hybridized carbons (Fsp3) is 0.900. The third-order valence-electron chi connectivity index (χ3n) is 3.46. The molecule has 2 N–H and O–H groups in total. The predicted octanol–water partition coefficient (Wildman–Crippen LogP) is 0.939. The molecule has 0 aliphatic heterocycles. The summed E-state index contributed by atoms with van der Waals surface area (Å²) in [4.78, 5) is 11.1. The van der Waals surface area contributed by atoms with E-state index in [1.807, 2.05) is 13.8 Å². The van der Waals surface area contributed by atoms with Gasteiger partial charge in [0.1, 0.15) is 5.78 Å². The molecule has 2 unspecified atom stereocenters. The SMILES string of the molecule is CC(=O)C1CC(CC(O)O)C1(C)C. The number of carbonyl (C=O) groups excluding carboxylic acids is 1. The number of rotatable bonds is 3. The first-order chi connectivity index (χ1) is 5.85. The van der Waals surface area contributed by atoms with Gasteiger partial charge in [-0.25, -0.2) is 0 Å². The van der Waals surface area contributed by atoms with Gasteiger partial charge in [-0.05, 0) is 24.7 Å². The van der Waals surface area contributed by atoms with E-state index < -0.39 is 6.29 Å². The van der Waals surface area contributed by atoms with Gasteiger partial charge in [-0.3, -0.25) is 4.79 Å². The summed E-state index contributed by atoms with van der Waals surface area (Å²) in [5, 5.41) is 17.6. The van der Waals surface area contributed by atoms with Crippen molar-refractivity contribution in [3.8, 4) is 0 Å². The van der Waals surface area contributed by atoms with E-state index in [1.54, 1.807) is 6.92 Å². The number of ketones is 1. The molecule has 13 heavy (non-hydrogen) atoms. The third kappa shape index (κ3) is 1.92. The highest BCUT2D eigenvalue weighted by Gasteiger charge is 2.50. The third-order valence-corrected chi connectivity index (χ3v) is 3.46. The Morgan fingerprint density at radius 3 is 2.38 bits per heavy atom. The number of hydrogen-bond donors (Lipinski definition) is 2. The standard InChI is InChI=1S/C10H18O3/c1-6(11)8-4-7(5-9(12)13)10(8,2)3/h7-9,12-13H,4-5H2,1-3H3. The lowest BCUT2D eigenvalue weighted by Crippen LogP contribution is -2.49. The minimum Gasteiger partial charge on any atom is -0.368 e. The molecule has 0 aromatic heterocycles. The Morgan fingerprint density at radius 1 is 1.54 bits per heavy atom. The van der Waals surface area contributed by atoms with Crippen molar-refractivity contribution in [1.82, 2.24) is 0 Å². The molecular weight excluding hydrogens is 168 g/mol. The first-order valence-electron chi connectivity index (χ1n) is 4.72. The van der Waals surface area contributed by atoms with E-state index in [-0.39, 0.29) is 23.0 Å². The van der Waals surface area contributed by atoms with Crippen molar-refractivity contribution in [2.75, 3.05) is 0 Å². The van der Waals surface area contributed by atoms with Gasteiger partial charge in [-0.15, -0.1) is 0 Å². The van der Waals surface area contributed by atoms with E-state index in [1.165, 1.54) is 0 Å². The summed E-state index contributed by atoms with van der Waals surface area (Å²) >= 11 is 0. The van der Waals surface area contributed by atoms with Crippen LogP contribution >= 0.6 is 0 Å². The van der Waals surface area contributed by atoms with E-state index in [0.29, 0.717) is 6.42 Å². The van der Waals surface area contributed by atoms with Gasteiger partial charge in [0.05, 0.1) is 0 Å². The van der Waals surface area contributed by atoms with Crippen molar-refractivity contribution in [2.45, 2.75) is 39.9 Å². The quantitative estimate of drug-likeness (QED) is 0.645. The lowest BCUT2D eigenvalue weighted by atomic mass is 9.53. The van der Waals surface area contributed by atoms with Crippen molar-refractivity contribution in [3.05, 3.63) is 0 Å². The molecule has 0 saturated heterocycles. The Morgan fingerprint density at radius 2 is 2.08 bits per heavy atom. The highest BCUT2D eigenvalue weighted by molar-refractivity contribution is 5.80. The van der Waals surface area contributed by atoms with E-state index in [9.17, 15) is 4.79 Å². The van der Waals surface area contributed by atoms with E-state index >= 15 is 0 Å². The number of hydrogen-bond acceptors (Lipinski definition) is 3. The molecule has 1 rings (SSSR count). The maximum Gasteiger partial charge on any atom is 0.151 e. The Labute approximate surface area is 78.8 Å². The van der Waals surface area contributed by atoms with Crippen LogP contribution in [0.4, 0.5) is 0 Å². The zero-order valence-corrected chi connectivity index (χ0v) is 8.45. The monoisotopic (exact) mass is 186 g/mol. The Balaban J connectivity index is 2.54. The normalized spacial score (nSPS) is 31.5. The minimum absolute atomic E-state index is 0.0600. The van der Waals surface area contributed by atoms with Gasteiger partial charge >= 0.3 is 0 Å². The summed E-state index contributed by atoms with van der Waals surface area (Å²) in [6.45, 7) is 5.66. The summed E-state index contributed by atoms with van der Waals surface area (Å²) in [6, 6.07) is 0. The number of aliphatic hydroxyl groups excluding tert-OH is 1. The summed E-state index contributed by atoms with van der Waals surface area (Å²) in [7, 11) is 0. The minimum atomic E-state index is -1.24. The Bertz CT molecular complexity index is 208. The molecule has 0 bridgehead atoms. The maximum absolute atomic E-state index is 11.1. The lowest BCUT2D eigenvalue weighted by molar-refractivity contribution is -0.145. The van der Waals surface area contributed by atoms with Crippen molar-refractivity contribution in [3.63, 3.8) is 0 Å². The molecule has 1 saturated carbocycles. The van der Waals surface area contributed by atoms with Gasteiger partial charge in [-0.1, -0.05) is 13.8 Å². The van der Waals surface area contributed by atoms with Gasteiger partial charge in [0.15, 0.2) is 6.29 Å². The van der Waals surface area contributed by atoms with Gasteiger partial charge in [-0.2, -0.15) is 0 Å². The van der Waals surface area contributed by atoms with Crippen LogP contribution in [0.25, 0.3) is 0 Å². The lowest BCUT2D eigenvalue weighted by Gasteiger charge is -2.51. The molecule has 0 heterocycles. The topological polar surface area (TPSA) is 57.5 Å². The summed E-state index contributed by atoms with van der Waals surface area (Å²) < 4.78 is 0. The van der Waals surface area contributed by atoms with Crippen molar-refractivity contribution in [2.24, 2.45) is 17.3 Å². The van der Waals surface area contributed by atoms with Gasteiger partial charge in [0, 0.05) is 12.3 Å². The Hall–Kier alpha value is -0.410. The van der Waals surface area contributed by atoms with Crippen LogP contribution in [0.2, 0.25) is 0 Å². The van der Waals surface area contributed by atoms with Crippen LogP contribution in [0.15, 0.2) is 0 Å². The van der Waals surface area contributed by atoms with Crippen molar-refractivity contribution < 1.29 is 15.0 Å². The zero-order chi connectivity index (χ0) is 10.2. The summed E-state index contributed by atoms with van der Waals surface area (Å²) in [5.74, 6) is 0.589. The van der Waals surface area contributed by atoms with Crippen LogP contribution in [0.3, 0.4) is 0 Å². The van der Waals surface area contributed by atoms with E-state index in [4.69, 9.17) is 10.2 Å². The van der Waals surface area contributed by atoms with Crippen LogP contribution < -0.4 is 0 Å². The largest absolute Gasteiger partial charge is 0.368 e. The predicted molar refractivity (Wildman–Crippen MR) is 48.9 cm³/mol. The van der Waals surface area contributed by atoms with Gasteiger partial charge in [0.25, 0.3) is 0 Å². The number of aliphatic hydroxyl groups is 2. The fourth-order valence-electron chi connectivity index (χ4n) is 2.36. The zero-order valence-electron chi connectivity index (χ0n) is 8.45. The molecule has 0 aromatic rings. The first kappa shape index (κ1) is 10.7. The maximum atomic E-state index is 11.1. The second-order valence-corrected chi connectivity index (χ2v) is 4.63. The molecule has 1 fully saturated rings. The molecular formula is C10H18O3. The van der Waals surface area contributed by atoms with Crippen LogP contribution in [0.1, 0.15) is 33.6 Å². The van der Waals surface area contributed by atoms with E-state index in [2.05, 4.69) is 0 Å². The van der Waals surface area contributed by atoms with Gasteiger partial charge < -0.3 is 10.2 Å². The van der Waals surface area contributed by atoms with Crippen LogP contribution in [-0.2, 0) is 4.79 Å². The molecule has 1 aliphatic carbocycles. The smallest absolute Gasteiger partial charge is 0.151 e. The molecule has 3 nitrogen and oxygen atoms in total. The molecule has 76 valence electrons. The molecule has 0 amide bonds. The van der Waals surface area contributed by atoms with Crippen LogP contribution in [0.5, 0.6) is 0 Å². The van der Waals surface area contributed by atoms with Crippen LogP contribution in [0, 0.1) is 17.3 Å². The average molecular weight is 186 g/mol. The highest BCUT2D eigenvalue weighted by Crippen LogP contribution is 2.53.